The number of fused-ring (bicyclic) bond motifs is 3. The van der Waals surface area contributed by atoms with Gasteiger partial charge in [0, 0.05) is 44.5 Å². The molecule has 0 fully saturated rings. The Hall–Kier alpha value is -4.38. The van der Waals surface area contributed by atoms with Crippen molar-refractivity contribution in [1.82, 2.24) is 19.9 Å². The summed E-state index contributed by atoms with van der Waals surface area (Å²) in [5.74, 6) is 2.28. The molecule has 3 heterocycles. The maximum Gasteiger partial charge on any atom is 0.163 e. The molecular weight excluding hydrogens is 504 g/mol. The molecule has 3 aromatic heterocycles. The summed E-state index contributed by atoms with van der Waals surface area (Å²) in [7, 11) is 0. The predicted molar refractivity (Wildman–Crippen MR) is 168 cm³/mol. The molecule has 0 radical (unpaired) electrons. The van der Waals surface area contributed by atoms with E-state index in [2.05, 4.69) is 122 Å². The van der Waals surface area contributed by atoms with Gasteiger partial charge < -0.3 is 4.42 Å². The van der Waals surface area contributed by atoms with Gasteiger partial charge in [0.2, 0.25) is 0 Å². The molecule has 0 spiro atoms. The third-order valence-corrected chi connectivity index (χ3v) is 7.58. The van der Waals surface area contributed by atoms with Gasteiger partial charge in [-0.3, -0.25) is 4.98 Å². The minimum Gasteiger partial charge on any atom is -0.455 e. The van der Waals surface area contributed by atoms with Gasteiger partial charge in [-0.1, -0.05) is 90.1 Å². The second kappa shape index (κ2) is 9.62. The highest BCUT2D eigenvalue weighted by atomic mass is 16.3. The minimum atomic E-state index is -0.197. The van der Waals surface area contributed by atoms with Crippen LogP contribution in [0.5, 0.6) is 0 Å². The number of hydrogen-bond acceptors (Lipinski definition) is 5. The first-order valence-electron chi connectivity index (χ1n) is 14.2. The van der Waals surface area contributed by atoms with Crippen molar-refractivity contribution in [3.8, 4) is 33.8 Å². The Kier molecular flexibility index (Phi) is 6.29. The van der Waals surface area contributed by atoms with Crippen molar-refractivity contribution in [3.05, 3.63) is 95.7 Å². The Balaban J connectivity index is 1.52. The van der Waals surface area contributed by atoms with Crippen LogP contribution in [-0.2, 0) is 10.8 Å². The summed E-state index contributed by atoms with van der Waals surface area (Å²) in [5, 5.41) is 2.16. The second-order valence-corrected chi connectivity index (χ2v) is 13.0. The first-order chi connectivity index (χ1) is 19.4. The van der Waals surface area contributed by atoms with Gasteiger partial charge in [0.25, 0.3) is 0 Å². The average molecular weight is 541 g/mol. The summed E-state index contributed by atoms with van der Waals surface area (Å²) >= 11 is 0. The van der Waals surface area contributed by atoms with E-state index in [9.17, 15) is 0 Å². The SMILES string of the molecule is Cc1cnc(-c2cccc3c2oc2c(-c4cccc(-c5nc(C(C)(C)C)nc(C(C)(C)C)n5)c4)cccc23)cc1C. The summed E-state index contributed by atoms with van der Waals surface area (Å²) in [4.78, 5) is 19.4. The summed E-state index contributed by atoms with van der Waals surface area (Å²) in [6, 6.07) is 23.2. The van der Waals surface area contributed by atoms with E-state index in [0.717, 1.165) is 61.5 Å². The molecule has 0 atom stereocenters. The maximum absolute atomic E-state index is 6.69. The Morgan fingerprint density at radius 3 is 1.76 bits per heavy atom. The molecule has 0 aliphatic carbocycles. The van der Waals surface area contributed by atoms with E-state index in [1.165, 1.54) is 11.1 Å². The van der Waals surface area contributed by atoms with Crippen LogP contribution in [0.1, 0.15) is 64.3 Å². The first kappa shape index (κ1) is 26.8. The number of furan rings is 1. The predicted octanol–water partition coefficient (Wildman–Crippen LogP) is 9.38. The number of benzene rings is 3. The number of rotatable bonds is 3. The molecule has 3 aromatic carbocycles. The Bertz CT molecular complexity index is 1900. The average Bonchev–Trinajstić information content (AvgIpc) is 3.32. The largest absolute Gasteiger partial charge is 0.455 e. The van der Waals surface area contributed by atoms with E-state index in [0.29, 0.717) is 5.82 Å². The van der Waals surface area contributed by atoms with Crippen LogP contribution in [0.4, 0.5) is 0 Å². The van der Waals surface area contributed by atoms with E-state index in [4.69, 9.17) is 24.4 Å². The van der Waals surface area contributed by atoms with Crippen molar-refractivity contribution in [2.24, 2.45) is 0 Å². The Morgan fingerprint density at radius 2 is 1.15 bits per heavy atom. The number of pyridine rings is 1. The van der Waals surface area contributed by atoms with Crippen LogP contribution >= 0.6 is 0 Å². The second-order valence-electron chi connectivity index (χ2n) is 13.0. The molecule has 0 aliphatic rings. The number of para-hydroxylation sites is 2. The molecular formula is C36H36N4O. The monoisotopic (exact) mass is 540 g/mol. The van der Waals surface area contributed by atoms with Crippen LogP contribution in [0.3, 0.4) is 0 Å². The van der Waals surface area contributed by atoms with Gasteiger partial charge in [-0.05, 0) is 48.7 Å². The zero-order valence-corrected chi connectivity index (χ0v) is 25.1. The van der Waals surface area contributed by atoms with Crippen LogP contribution in [0.25, 0.3) is 55.7 Å². The number of nitrogens with zero attached hydrogens (tertiary/aromatic N) is 4. The smallest absolute Gasteiger partial charge is 0.163 e. The third-order valence-electron chi connectivity index (χ3n) is 7.58. The molecule has 206 valence electrons. The molecule has 5 nitrogen and oxygen atoms in total. The molecule has 0 aliphatic heterocycles. The van der Waals surface area contributed by atoms with E-state index in [-0.39, 0.29) is 10.8 Å². The summed E-state index contributed by atoms with van der Waals surface area (Å²) in [6.45, 7) is 17.0. The molecule has 0 N–H and O–H groups in total. The van der Waals surface area contributed by atoms with Crippen LogP contribution in [0.15, 0.2) is 77.3 Å². The fourth-order valence-electron chi connectivity index (χ4n) is 5.02. The highest BCUT2D eigenvalue weighted by Crippen LogP contribution is 2.40. The molecule has 0 unspecified atom stereocenters. The van der Waals surface area contributed by atoms with Crippen LogP contribution in [-0.4, -0.2) is 19.9 Å². The van der Waals surface area contributed by atoms with E-state index in [1.54, 1.807) is 0 Å². The van der Waals surface area contributed by atoms with E-state index < -0.39 is 0 Å². The third kappa shape index (κ3) is 4.90. The zero-order valence-electron chi connectivity index (χ0n) is 25.1. The number of aryl methyl sites for hydroxylation is 2. The van der Waals surface area contributed by atoms with Crippen molar-refractivity contribution >= 4 is 21.9 Å². The lowest BCUT2D eigenvalue weighted by Crippen LogP contribution is -2.24. The van der Waals surface area contributed by atoms with Gasteiger partial charge in [-0.15, -0.1) is 0 Å². The number of aromatic nitrogens is 4. The molecule has 0 saturated carbocycles. The summed E-state index contributed by atoms with van der Waals surface area (Å²) < 4.78 is 6.69. The Morgan fingerprint density at radius 1 is 0.585 bits per heavy atom. The van der Waals surface area contributed by atoms with Crippen molar-refractivity contribution < 1.29 is 4.42 Å². The summed E-state index contributed by atoms with van der Waals surface area (Å²) in [6.07, 6.45) is 1.93. The topological polar surface area (TPSA) is 64.7 Å². The Labute approximate surface area is 241 Å². The van der Waals surface area contributed by atoms with E-state index >= 15 is 0 Å². The lowest BCUT2D eigenvalue weighted by molar-refractivity contribution is 0.497. The normalized spacial score (nSPS) is 12.4. The van der Waals surface area contributed by atoms with Crippen LogP contribution in [0.2, 0.25) is 0 Å². The van der Waals surface area contributed by atoms with Crippen molar-refractivity contribution in [2.75, 3.05) is 0 Å². The molecule has 41 heavy (non-hydrogen) atoms. The lowest BCUT2D eigenvalue weighted by Gasteiger charge is -2.22. The summed E-state index contributed by atoms with van der Waals surface area (Å²) in [5.41, 5.74) is 8.65. The van der Waals surface area contributed by atoms with Gasteiger partial charge in [0.1, 0.15) is 22.8 Å². The molecule has 5 heteroatoms. The fraction of sp³-hybridized carbons (Fsp3) is 0.278. The zero-order chi connectivity index (χ0) is 29.1. The molecule has 6 aromatic rings. The quantitative estimate of drug-likeness (QED) is 0.224. The standard InChI is InChI=1S/C36H36N4O/c1-21-18-29(37-20-22(21)2)28-17-11-16-27-26-15-10-14-25(30(26)41-31(27)28)23-12-9-13-24(19-23)32-38-33(35(3,4)5)40-34(39-32)36(6,7)8/h9-20H,1-8H3. The van der Waals surface area contributed by atoms with Crippen molar-refractivity contribution in [2.45, 2.75) is 66.2 Å². The highest BCUT2D eigenvalue weighted by Gasteiger charge is 2.25. The first-order valence-corrected chi connectivity index (χ1v) is 14.2. The lowest BCUT2D eigenvalue weighted by atomic mass is 9.92. The molecule has 0 saturated heterocycles. The highest BCUT2D eigenvalue weighted by molar-refractivity contribution is 6.12. The van der Waals surface area contributed by atoms with Crippen LogP contribution in [0, 0.1) is 13.8 Å². The van der Waals surface area contributed by atoms with Gasteiger partial charge in [-0.2, -0.15) is 0 Å². The van der Waals surface area contributed by atoms with Gasteiger partial charge in [0.05, 0.1) is 5.69 Å². The maximum atomic E-state index is 6.69. The number of hydrogen-bond donors (Lipinski definition) is 0. The molecule has 6 rings (SSSR count). The van der Waals surface area contributed by atoms with Crippen molar-refractivity contribution in [3.63, 3.8) is 0 Å². The molecule has 0 amide bonds. The van der Waals surface area contributed by atoms with Crippen LogP contribution < -0.4 is 0 Å². The van der Waals surface area contributed by atoms with Gasteiger partial charge >= 0.3 is 0 Å². The minimum absolute atomic E-state index is 0.197. The van der Waals surface area contributed by atoms with E-state index in [1.807, 2.05) is 6.20 Å². The molecule has 0 bridgehead atoms. The van der Waals surface area contributed by atoms with Gasteiger partial charge in [0.15, 0.2) is 5.82 Å². The fourth-order valence-corrected chi connectivity index (χ4v) is 5.02. The van der Waals surface area contributed by atoms with Gasteiger partial charge in [-0.25, -0.2) is 15.0 Å². The van der Waals surface area contributed by atoms with Crippen molar-refractivity contribution in [1.29, 1.82) is 0 Å².